The Bertz CT molecular complexity index is 483. The van der Waals surface area contributed by atoms with E-state index < -0.39 is 0 Å². The van der Waals surface area contributed by atoms with Crippen LogP contribution in [0.5, 0.6) is 0 Å². The van der Waals surface area contributed by atoms with Gasteiger partial charge in [-0.05, 0) is 32.2 Å². The minimum Gasteiger partial charge on any atom is -0.424 e. The minimum atomic E-state index is 0.300. The van der Waals surface area contributed by atoms with Gasteiger partial charge in [-0.3, -0.25) is 9.69 Å². The van der Waals surface area contributed by atoms with Crippen LogP contribution in [0.25, 0.3) is 0 Å². The molecule has 0 N–H and O–H groups in total. The first-order valence-electron chi connectivity index (χ1n) is 7.41. The van der Waals surface area contributed by atoms with E-state index in [0.29, 0.717) is 36.2 Å². The maximum absolute atomic E-state index is 12.1. The molecular weight excluding hydrogens is 256 g/mol. The van der Waals surface area contributed by atoms with E-state index in [0.717, 1.165) is 38.8 Å². The van der Waals surface area contributed by atoms with Gasteiger partial charge in [0.05, 0.1) is 6.54 Å². The van der Waals surface area contributed by atoms with Crippen molar-refractivity contribution in [2.75, 3.05) is 20.1 Å². The number of aromatic nitrogens is 2. The number of piperidine rings is 1. The third-order valence-electron chi connectivity index (χ3n) is 4.23. The van der Waals surface area contributed by atoms with E-state index in [-0.39, 0.29) is 0 Å². The van der Waals surface area contributed by atoms with Crippen LogP contribution in [-0.4, -0.2) is 52.1 Å². The zero-order valence-electron chi connectivity index (χ0n) is 12.2. The number of likely N-dealkylation sites (N-methyl/N-ethyl adjacent to an activating group) is 1. The number of rotatable bonds is 4. The van der Waals surface area contributed by atoms with E-state index in [1.54, 1.807) is 6.92 Å². The van der Waals surface area contributed by atoms with Gasteiger partial charge in [-0.25, -0.2) is 0 Å². The zero-order valence-corrected chi connectivity index (χ0v) is 12.2. The Morgan fingerprint density at radius 2 is 2.20 bits per heavy atom. The molecule has 1 amide bonds. The Morgan fingerprint density at radius 1 is 1.40 bits per heavy atom. The molecule has 1 aromatic heterocycles. The fourth-order valence-corrected chi connectivity index (χ4v) is 2.88. The first kappa shape index (κ1) is 13.5. The van der Waals surface area contributed by atoms with Gasteiger partial charge in [0.2, 0.25) is 17.7 Å². The van der Waals surface area contributed by atoms with Crippen molar-refractivity contribution in [2.24, 2.45) is 5.92 Å². The molecule has 6 heteroatoms. The quantitative estimate of drug-likeness (QED) is 0.828. The number of carbonyl (C=O) groups is 1. The first-order chi connectivity index (χ1) is 9.63. The topological polar surface area (TPSA) is 62.5 Å². The molecule has 1 aliphatic carbocycles. The van der Waals surface area contributed by atoms with Gasteiger partial charge in [0.1, 0.15) is 0 Å². The molecule has 3 rings (SSSR count). The average molecular weight is 278 g/mol. The number of nitrogens with zero attached hydrogens (tertiary/aromatic N) is 4. The van der Waals surface area contributed by atoms with Gasteiger partial charge in [0.25, 0.3) is 0 Å². The van der Waals surface area contributed by atoms with Gasteiger partial charge in [-0.1, -0.05) is 0 Å². The summed E-state index contributed by atoms with van der Waals surface area (Å²) in [6.45, 7) is 4.42. The normalized spacial score (nSPS) is 23.8. The van der Waals surface area contributed by atoms with Crippen LogP contribution in [0.3, 0.4) is 0 Å². The van der Waals surface area contributed by atoms with Crippen molar-refractivity contribution in [3.63, 3.8) is 0 Å². The van der Waals surface area contributed by atoms with Crippen LogP contribution in [0.15, 0.2) is 4.42 Å². The predicted molar refractivity (Wildman–Crippen MR) is 72.8 cm³/mol. The Morgan fingerprint density at radius 3 is 2.85 bits per heavy atom. The molecule has 0 radical (unpaired) electrons. The summed E-state index contributed by atoms with van der Waals surface area (Å²) in [5.41, 5.74) is 0. The van der Waals surface area contributed by atoms with Gasteiger partial charge in [-0.2, -0.15) is 0 Å². The van der Waals surface area contributed by atoms with Crippen LogP contribution < -0.4 is 0 Å². The van der Waals surface area contributed by atoms with Crippen molar-refractivity contribution in [1.29, 1.82) is 0 Å². The average Bonchev–Trinajstić information content (AvgIpc) is 3.22. The molecule has 2 aliphatic rings. The number of aryl methyl sites for hydroxylation is 1. The van der Waals surface area contributed by atoms with Crippen molar-refractivity contribution >= 4 is 5.91 Å². The summed E-state index contributed by atoms with van der Waals surface area (Å²) in [4.78, 5) is 16.4. The summed E-state index contributed by atoms with van der Waals surface area (Å²) >= 11 is 0. The molecular formula is C14H22N4O2. The van der Waals surface area contributed by atoms with Gasteiger partial charge in [0, 0.05) is 32.5 Å². The Balaban J connectivity index is 1.56. The van der Waals surface area contributed by atoms with Gasteiger partial charge in [-0.15, -0.1) is 10.2 Å². The molecule has 1 atom stereocenters. The van der Waals surface area contributed by atoms with E-state index in [1.165, 1.54) is 0 Å². The second-order valence-corrected chi connectivity index (χ2v) is 5.97. The fraction of sp³-hybridized carbons (Fsp3) is 0.786. The van der Waals surface area contributed by atoms with Gasteiger partial charge < -0.3 is 9.32 Å². The lowest BCUT2D eigenvalue weighted by Crippen LogP contribution is -2.48. The molecule has 1 aliphatic heterocycles. The van der Waals surface area contributed by atoms with Crippen molar-refractivity contribution in [3.8, 4) is 0 Å². The van der Waals surface area contributed by atoms with Gasteiger partial charge >= 0.3 is 0 Å². The summed E-state index contributed by atoms with van der Waals surface area (Å²) in [5, 5.41) is 7.90. The van der Waals surface area contributed by atoms with Crippen LogP contribution in [-0.2, 0) is 11.3 Å². The summed E-state index contributed by atoms with van der Waals surface area (Å²) in [5.74, 6) is 1.90. The molecule has 0 spiro atoms. The SMILES string of the molecule is Cc1nnc(CN2CCCC(N(C)C(=O)C3CC3)C2)o1. The van der Waals surface area contributed by atoms with Crippen LogP contribution in [0.2, 0.25) is 0 Å². The Hall–Kier alpha value is -1.43. The molecule has 1 aromatic rings. The van der Waals surface area contributed by atoms with Crippen LogP contribution >= 0.6 is 0 Å². The van der Waals surface area contributed by atoms with Crippen LogP contribution in [0.4, 0.5) is 0 Å². The lowest BCUT2D eigenvalue weighted by atomic mass is 10.0. The van der Waals surface area contributed by atoms with E-state index in [2.05, 4.69) is 15.1 Å². The summed E-state index contributed by atoms with van der Waals surface area (Å²) in [6.07, 6.45) is 4.34. The van der Waals surface area contributed by atoms with E-state index in [9.17, 15) is 4.79 Å². The van der Waals surface area contributed by atoms with E-state index in [4.69, 9.17) is 4.42 Å². The van der Waals surface area contributed by atoms with Crippen LogP contribution in [0.1, 0.15) is 37.5 Å². The molecule has 1 saturated heterocycles. The monoisotopic (exact) mass is 278 g/mol. The molecule has 6 nitrogen and oxygen atoms in total. The number of hydrogen-bond donors (Lipinski definition) is 0. The second-order valence-electron chi connectivity index (χ2n) is 5.97. The fourth-order valence-electron chi connectivity index (χ4n) is 2.88. The number of likely N-dealkylation sites (tertiary alicyclic amines) is 1. The van der Waals surface area contributed by atoms with E-state index in [1.807, 2.05) is 11.9 Å². The third kappa shape index (κ3) is 3.00. The molecule has 1 unspecified atom stereocenters. The van der Waals surface area contributed by atoms with Crippen LogP contribution in [0, 0.1) is 12.8 Å². The molecule has 110 valence electrons. The maximum atomic E-state index is 12.1. The highest BCUT2D eigenvalue weighted by Crippen LogP contribution is 2.32. The zero-order chi connectivity index (χ0) is 14.1. The third-order valence-corrected chi connectivity index (χ3v) is 4.23. The Kier molecular flexibility index (Phi) is 3.74. The summed E-state index contributed by atoms with van der Waals surface area (Å²) in [6, 6.07) is 0.320. The lowest BCUT2D eigenvalue weighted by molar-refractivity contribution is -0.134. The molecule has 0 bridgehead atoms. The molecule has 2 heterocycles. The minimum absolute atomic E-state index is 0.300. The van der Waals surface area contributed by atoms with Crippen molar-refractivity contribution in [2.45, 2.75) is 45.2 Å². The predicted octanol–water partition coefficient (Wildman–Crippen LogP) is 1.21. The smallest absolute Gasteiger partial charge is 0.230 e. The molecule has 0 aromatic carbocycles. The highest BCUT2D eigenvalue weighted by Gasteiger charge is 2.35. The van der Waals surface area contributed by atoms with Gasteiger partial charge in [0.15, 0.2) is 0 Å². The number of hydrogen-bond acceptors (Lipinski definition) is 5. The standard InChI is InChI=1S/C14H22N4O2/c1-10-15-16-13(20-10)9-18-7-3-4-12(8-18)17(2)14(19)11-5-6-11/h11-12H,3-9H2,1-2H3. The van der Waals surface area contributed by atoms with Crippen molar-refractivity contribution < 1.29 is 9.21 Å². The summed E-state index contributed by atoms with van der Waals surface area (Å²) in [7, 11) is 1.95. The van der Waals surface area contributed by atoms with Crippen molar-refractivity contribution in [1.82, 2.24) is 20.0 Å². The highest BCUT2D eigenvalue weighted by molar-refractivity contribution is 5.81. The number of carbonyl (C=O) groups excluding carboxylic acids is 1. The second kappa shape index (κ2) is 5.52. The molecule has 20 heavy (non-hydrogen) atoms. The van der Waals surface area contributed by atoms with Crippen molar-refractivity contribution in [3.05, 3.63) is 11.8 Å². The summed E-state index contributed by atoms with van der Waals surface area (Å²) < 4.78 is 5.43. The lowest BCUT2D eigenvalue weighted by Gasteiger charge is -2.37. The Labute approximate surface area is 119 Å². The first-order valence-corrected chi connectivity index (χ1v) is 7.41. The number of amides is 1. The van der Waals surface area contributed by atoms with E-state index >= 15 is 0 Å². The molecule has 2 fully saturated rings. The molecule has 1 saturated carbocycles. The maximum Gasteiger partial charge on any atom is 0.230 e. The largest absolute Gasteiger partial charge is 0.424 e. The highest BCUT2D eigenvalue weighted by atomic mass is 16.4.